The van der Waals surface area contributed by atoms with E-state index in [4.69, 9.17) is 0 Å². The first-order chi connectivity index (χ1) is 20.9. The topological polar surface area (TPSA) is 115 Å². The normalized spacial score (nSPS) is 25.6. The smallest absolute Gasteiger partial charge is 0.332 e. The van der Waals surface area contributed by atoms with Gasteiger partial charge in [0.05, 0.1) is 21.6 Å². The summed E-state index contributed by atoms with van der Waals surface area (Å²) in [5.74, 6) is -2.62. The van der Waals surface area contributed by atoms with Crippen LogP contribution in [-0.2, 0) is 32.3 Å². The van der Waals surface area contributed by atoms with Gasteiger partial charge in [-0.05, 0) is 85.9 Å². The second-order valence-electron chi connectivity index (χ2n) is 12.8. The van der Waals surface area contributed by atoms with Gasteiger partial charge in [-0.25, -0.2) is 17.6 Å². The minimum Gasteiger partial charge on any atom is -0.481 e. The number of fused-ring (bicyclic) bond motifs is 1. The molecule has 0 radical (unpaired) electrons. The lowest BCUT2D eigenvalue weighted by Gasteiger charge is -2.40. The summed E-state index contributed by atoms with van der Waals surface area (Å²) in [5, 5.41) is 19.1. The van der Waals surface area contributed by atoms with Crippen molar-refractivity contribution in [2.45, 2.75) is 50.5 Å². The van der Waals surface area contributed by atoms with Gasteiger partial charge in [-0.3, -0.25) is 9.69 Å². The van der Waals surface area contributed by atoms with E-state index >= 15 is 0 Å². The number of rotatable bonds is 10. The number of carboxylic acid groups (broad SMARTS) is 2. The van der Waals surface area contributed by atoms with Gasteiger partial charge in [0, 0.05) is 37.4 Å². The van der Waals surface area contributed by atoms with Crippen molar-refractivity contribution >= 4 is 21.8 Å². The van der Waals surface area contributed by atoms with Crippen molar-refractivity contribution in [1.82, 2.24) is 9.80 Å². The number of halogens is 1. The number of sulfone groups is 1. The molecule has 2 aliphatic carbocycles. The highest BCUT2D eigenvalue weighted by atomic mass is 32.2. The Hall–Kier alpha value is -3.76. The number of aliphatic carboxylic acids is 2. The second kappa shape index (κ2) is 11.6. The number of hydrogen-bond donors (Lipinski definition) is 2. The van der Waals surface area contributed by atoms with E-state index in [2.05, 4.69) is 23.1 Å². The monoisotopic (exact) mass is 620 g/mol. The van der Waals surface area contributed by atoms with Crippen LogP contribution in [0, 0.1) is 11.2 Å². The van der Waals surface area contributed by atoms with Gasteiger partial charge >= 0.3 is 11.9 Å². The van der Waals surface area contributed by atoms with Gasteiger partial charge in [0.15, 0.2) is 9.84 Å². The average Bonchev–Trinajstić information content (AvgIpc) is 3.25. The molecule has 4 aliphatic rings. The SMILES string of the molecule is CC1(C(=O)O)C=CC(S(=O)(=O)CC=CN2CC(c3ccc4c(c3)C(Cc3cccc(F)c3)C(N3CCC3)C4)C2)=C(C(=O)O)C1. The molecule has 0 aromatic heterocycles. The zero-order valence-corrected chi connectivity index (χ0v) is 25.5. The first-order valence-electron chi connectivity index (χ1n) is 15.1. The zero-order chi connectivity index (χ0) is 31.2. The van der Waals surface area contributed by atoms with E-state index in [0.717, 1.165) is 50.7 Å². The second-order valence-corrected chi connectivity index (χ2v) is 14.8. The Bertz CT molecular complexity index is 1690. The molecule has 0 amide bonds. The molecule has 232 valence electrons. The third-order valence-corrected chi connectivity index (χ3v) is 11.4. The maximum absolute atomic E-state index is 14.0. The third kappa shape index (κ3) is 5.85. The van der Waals surface area contributed by atoms with Crippen molar-refractivity contribution in [2.75, 3.05) is 31.9 Å². The highest BCUT2D eigenvalue weighted by molar-refractivity contribution is 7.95. The van der Waals surface area contributed by atoms with Crippen LogP contribution in [0.2, 0.25) is 0 Å². The molecule has 8 nitrogen and oxygen atoms in total. The maximum atomic E-state index is 14.0. The molecule has 2 aromatic rings. The number of hydrogen-bond acceptors (Lipinski definition) is 6. The fourth-order valence-corrected chi connectivity index (χ4v) is 8.27. The molecule has 6 rings (SSSR count). The maximum Gasteiger partial charge on any atom is 0.332 e. The Kier molecular flexibility index (Phi) is 8.00. The van der Waals surface area contributed by atoms with Gasteiger partial charge in [-0.15, -0.1) is 0 Å². The minimum atomic E-state index is -3.97. The Morgan fingerprint density at radius 3 is 2.55 bits per heavy atom. The van der Waals surface area contributed by atoms with Crippen LogP contribution >= 0.6 is 0 Å². The van der Waals surface area contributed by atoms with Crippen LogP contribution in [0.1, 0.15) is 53.9 Å². The Morgan fingerprint density at radius 2 is 1.89 bits per heavy atom. The molecule has 3 unspecified atom stereocenters. The third-order valence-electron chi connectivity index (χ3n) is 9.71. The van der Waals surface area contributed by atoms with Crippen LogP contribution in [0.25, 0.3) is 0 Å². The molecule has 2 N–H and O–H groups in total. The van der Waals surface area contributed by atoms with Gasteiger partial charge in [0.2, 0.25) is 0 Å². The number of carbonyl (C=O) groups is 2. The van der Waals surface area contributed by atoms with Crippen molar-refractivity contribution in [3.05, 3.63) is 105 Å². The molecule has 0 saturated carbocycles. The lowest BCUT2D eigenvalue weighted by Crippen LogP contribution is -2.47. The molecule has 0 spiro atoms. The largest absolute Gasteiger partial charge is 0.481 e. The van der Waals surface area contributed by atoms with Gasteiger partial charge in [-0.1, -0.05) is 42.5 Å². The quantitative estimate of drug-likeness (QED) is 0.399. The summed E-state index contributed by atoms with van der Waals surface area (Å²) in [6.45, 7) is 5.06. The lowest BCUT2D eigenvalue weighted by atomic mass is 9.80. The van der Waals surface area contributed by atoms with Gasteiger partial charge in [0.1, 0.15) is 5.82 Å². The minimum absolute atomic E-state index is 0.208. The number of benzene rings is 2. The number of likely N-dealkylation sites (tertiary alicyclic amines) is 2. The van der Waals surface area contributed by atoms with E-state index in [-0.39, 0.29) is 16.5 Å². The van der Waals surface area contributed by atoms with Gasteiger partial charge in [0.25, 0.3) is 0 Å². The summed E-state index contributed by atoms with van der Waals surface area (Å²) in [6, 6.07) is 14.1. The molecule has 44 heavy (non-hydrogen) atoms. The van der Waals surface area contributed by atoms with Crippen LogP contribution in [0.3, 0.4) is 0 Å². The van der Waals surface area contributed by atoms with Crippen molar-refractivity contribution in [3.63, 3.8) is 0 Å². The molecule has 2 aliphatic heterocycles. The van der Waals surface area contributed by atoms with E-state index in [1.54, 1.807) is 18.3 Å². The summed E-state index contributed by atoms with van der Waals surface area (Å²) >= 11 is 0. The summed E-state index contributed by atoms with van der Waals surface area (Å²) in [4.78, 5) is 27.6. The Labute approximate surface area is 257 Å². The number of nitrogens with zero attached hydrogens (tertiary/aromatic N) is 2. The molecule has 2 aromatic carbocycles. The van der Waals surface area contributed by atoms with Crippen LogP contribution in [0.4, 0.5) is 4.39 Å². The van der Waals surface area contributed by atoms with Crippen molar-refractivity contribution in [1.29, 1.82) is 0 Å². The molecule has 2 saturated heterocycles. The fraction of sp³-hybridized carbons (Fsp3) is 0.412. The zero-order valence-electron chi connectivity index (χ0n) is 24.7. The Morgan fingerprint density at radius 1 is 1.11 bits per heavy atom. The van der Waals surface area contributed by atoms with Gasteiger partial charge < -0.3 is 15.1 Å². The van der Waals surface area contributed by atoms with Crippen LogP contribution < -0.4 is 0 Å². The van der Waals surface area contributed by atoms with Crippen molar-refractivity contribution in [3.8, 4) is 0 Å². The highest BCUT2D eigenvalue weighted by Gasteiger charge is 2.40. The van der Waals surface area contributed by atoms with E-state index in [0.29, 0.717) is 17.9 Å². The van der Waals surface area contributed by atoms with Gasteiger partial charge in [-0.2, -0.15) is 0 Å². The summed E-state index contributed by atoms with van der Waals surface area (Å²) in [7, 11) is -3.97. The first-order valence-corrected chi connectivity index (χ1v) is 16.7. The highest BCUT2D eigenvalue weighted by Crippen LogP contribution is 2.42. The van der Waals surface area contributed by atoms with E-state index in [9.17, 15) is 32.6 Å². The molecule has 0 bridgehead atoms. The van der Waals surface area contributed by atoms with Crippen LogP contribution in [0.15, 0.2) is 77.4 Å². The van der Waals surface area contributed by atoms with Crippen LogP contribution in [0.5, 0.6) is 0 Å². The predicted molar refractivity (Wildman–Crippen MR) is 164 cm³/mol. The molecule has 3 atom stereocenters. The summed E-state index contributed by atoms with van der Waals surface area (Å²) in [6.07, 6.45) is 8.26. The van der Waals surface area contributed by atoms with Crippen LogP contribution in [-0.4, -0.2) is 78.3 Å². The van der Waals surface area contributed by atoms with Crippen molar-refractivity contribution < 1.29 is 32.6 Å². The average molecular weight is 621 g/mol. The molecule has 2 heterocycles. The molecular formula is C34H37FN2O6S. The summed E-state index contributed by atoms with van der Waals surface area (Å²) in [5.41, 5.74) is 3.11. The molecular weight excluding hydrogens is 583 g/mol. The molecule has 2 fully saturated rings. The van der Waals surface area contributed by atoms with E-state index in [1.807, 2.05) is 11.0 Å². The number of carboxylic acids is 2. The van der Waals surface area contributed by atoms with Crippen molar-refractivity contribution in [2.24, 2.45) is 5.41 Å². The lowest BCUT2D eigenvalue weighted by molar-refractivity contribution is -0.145. The summed E-state index contributed by atoms with van der Waals surface area (Å²) < 4.78 is 40.0. The predicted octanol–water partition coefficient (Wildman–Crippen LogP) is 4.50. The van der Waals surface area contributed by atoms with E-state index in [1.165, 1.54) is 48.3 Å². The molecule has 10 heteroatoms. The van der Waals surface area contributed by atoms with E-state index < -0.39 is 39.2 Å². The number of allylic oxidation sites excluding steroid dienone is 1. The standard InChI is InChI=1S/C34H37FN2O6S/c1-34(33(40)41)10-9-31(29(19-34)32(38)39)44(42,43)14-4-11-36-20-25(21-36)23-7-8-24-18-30(37-12-3-13-37)28(27(24)17-23)16-22-5-2-6-26(35)15-22/h2,4-11,15,17,25,28,30H,3,12-14,16,18-21H2,1H3,(H,38,39)(H,40,41). The Balaban J connectivity index is 1.11. The fourth-order valence-electron chi connectivity index (χ4n) is 6.94. The first kappa shape index (κ1) is 30.3.